The largest absolute Gasteiger partial charge is 0.345 e. The summed E-state index contributed by atoms with van der Waals surface area (Å²) in [5, 5.41) is 7.59. The number of fused-ring (bicyclic) bond motifs is 1. The fourth-order valence-corrected chi connectivity index (χ4v) is 3.19. The maximum Gasteiger partial charge on any atom is 0.313 e. The number of hydrogen-bond donors (Lipinski definition) is 2. The second-order valence-corrected chi connectivity index (χ2v) is 6.14. The monoisotopic (exact) mass is 310 g/mol. The van der Waals surface area contributed by atoms with Crippen molar-refractivity contribution >= 4 is 28.3 Å². The first kappa shape index (κ1) is 15.5. The number of carbonyl (C=O) groups excluding carboxylic acids is 2. The van der Waals surface area contributed by atoms with Gasteiger partial charge in [0.15, 0.2) is 0 Å². The van der Waals surface area contributed by atoms with E-state index < -0.39 is 11.8 Å². The predicted molar refractivity (Wildman–Crippen MR) is 92.2 cm³/mol. The predicted octanol–water partition coefficient (Wildman–Crippen LogP) is 3.62. The molecule has 0 atom stereocenters. The third-order valence-electron chi connectivity index (χ3n) is 4.43. The molecule has 0 spiro atoms. The lowest BCUT2D eigenvalue weighted by atomic mass is 10.1. The lowest BCUT2D eigenvalue weighted by molar-refractivity contribution is -0.136. The Morgan fingerprint density at radius 2 is 1.52 bits per heavy atom. The van der Waals surface area contributed by atoms with Crippen molar-refractivity contribution in [1.29, 1.82) is 0 Å². The van der Waals surface area contributed by atoms with Crippen LogP contribution < -0.4 is 10.6 Å². The summed E-state index contributed by atoms with van der Waals surface area (Å²) in [4.78, 5) is 24.3. The number of nitrogens with one attached hydrogen (secondary N) is 2. The summed E-state index contributed by atoms with van der Waals surface area (Å²) in [6, 6.07) is 13.6. The van der Waals surface area contributed by atoms with Crippen molar-refractivity contribution in [2.45, 2.75) is 44.6 Å². The molecule has 2 aromatic rings. The molecule has 23 heavy (non-hydrogen) atoms. The van der Waals surface area contributed by atoms with Gasteiger partial charge in [0.25, 0.3) is 0 Å². The molecule has 0 heterocycles. The molecule has 0 aliphatic heterocycles. The molecule has 2 amide bonds. The van der Waals surface area contributed by atoms with Gasteiger partial charge < -0.3 is 10.6 Å². The van der Waals surface area contributed by atoms with E-state index >= 15 is 0 Å². The fraction of sp³-hybridized carbons (Fsp3) is 0.368. The van der Waals surface area contributed by atoms with Crippen molar-refractivity contribution in [3.63, 3.8) is 0 Å². The zero-order valence-electron chi connectivity index (χ0n) is 13.2. The number of amides is 2. The van der Waals surface area contributed by atoms with Crippen LogP contribution in [0.15, 0.2) is 42.5 Å². The molecular formula is C19H22N2O2. The van der Waals surface area contributed by atoms with Crippen molar-refractivity contribution in [3.8, 4) is 0 Å². The maximum atomic E-state index is 12.2. The van der Waals surface area contributed by atoms with E-state index in [1.807, 2.05) is 42.5 Å². The van der Waals surface area contributed by atoms with Crippen LogP contribution in [-0.2, 0) is 9.59 Å². The Morgan fingerprint density at radius 1 is 0.826 bits per heavy atom. The molecule has 1 aliphatic carbocycles. The molecule has 120 valence electrons. The van der Waals surface area contributed by atoms with Crippen molar-refractivity contribution in [3.05, 3.63) is 42.5 Å². The van der Waals surface area contributed by atoms with Gasteiger partial charge in [-0.3, -0.25) is 9.59 Å². The van der Waals surface area contributed by atoms with Crippen LogP contribution in [0.5, 0.6) is 0 Å². The average molecular weight is 310 g/mol. The van der Waals surface area contributed by atoms with Gasteiger partial charge in [0, 0.05) is 17.1 Å². The van der Waals surface area contributed by atoms with Crippen molar-refractivity contribution in [2.24, 2.45) is 0 Å². The molecule has 0 aromatic heterocycles. The highest BCUT2D eigenvalue weighted by Crippen LogP contribution is 2.23. The minimum Gasteiger partial charge on any atom is -0.345 e. The Balaban J connectivity index is 1.66. The van der Waals surface area contributed by atoms with Crippen LogP contribution in [0.3, 0.4) is 0 Å². The molecule has 1 saturated carbocycles. The second kappa shape index (κ2) is 7.27. The summed E-state index contributed by atoms with van der Waals surface area (Å²) >= 11 is 0. The SMILES string of the molecule is O=C(Nc1cccc2ccccc12)C(=O)NC1CCCCCC1. The van der Waals surface area contributed by atoms with Gasteiger partial charge in [0.05, 0.1) is 0 Å². The normalized spacial score (nSPS) is 15.8. The standard InChI is InChI=1S/C19H22N2O2/c22-18(20-15-10-3-1-2-4-11-15)19(23)21-17-13-7-9-14-8-5-6-12-16(14)17/h5-9,12-13,15H,1-4,10-11H2,(H,20,22)(H,21,23). The summed E-state index contributed by atoms with van der Waals surface area (Å²) in [5.41, 5.74) is 0.670. The number of anilines is 1. The van der Waals surface area contributed by atoms with Gasteiger partial charge >= 0.3 is 11.8 Å². The summed E-state index contributed by atoms with van der Waals surface area (Å²) < 4.78 is 0. The molecule has 0 unspecified atom stereocenters. The molecule has 0 bridgehead atoms. The van der Waals surface area contributed by atoms with Crippen LogP contribution in [0.4, 0.5) is 5.69 Å². The van der Waals surface area contributed by atoms with E-state index in [1.165, 1.54) is 12.8 Å². The third-order valence-corrected chi connectivity index (χ3v) is 4.43. The highest BCUT2D eigenvalue weighted by Gasteiger charge is 2.20. The quantitative estimate of drug-likeness (QED) is 0.657. The van der Waals surface area contributed by atoms with Crippen LogP contribution in [0, 0.1) is 0 Å². The lowest BCUT2D eigenvalue weighted by Gasteiger charge is -2.16. The summed E-state index contributed by atoms with van der Waals surface area (Å²) in [5.74, 6) is -1.13. The number of benzene rings is 2. The van der Waals surface area contributed by atoms with E-state index in [9.17, 15) is 9.59 Å². The molecule has 2 aromatic carbocycles. The van der Waals surface area contributed by atoms with E-state index in [0.717, 1.165) is 36.5 Å². The third kappa shape index (κ3) is 3.89. The zero-order valence-corrected chi connectivity index (χ0v) is 13.2. The summed E-state index contributed by atoms with van der Waals surface area (Å²) in [6.45, 7) is 0. The zero-order chi connectivity index (χ0) is 16.1. The summed E-state index contributed by atoms with van der Waals surface area (Å²) in [7, 11) is 0. The van der Waals surface area contributed by atoms with Gasteiger partial charge in [-0.15, -0.1) is 0 Å². The minimum atomic E-state index is -0.592. The van der Waals surface area contributed by atoms with Gasteiger partial charge in [-0.2, -0.15) is 0 Å². The lowest BCUT2D eigenvalue weighted by Crippen LogP contribution is -2.41. The van der Waals surface area contributed by atoms with Crippen LogP contribution in [-0.4, -0.2) is 17.9 Å². The highest BCUT2D eigenvalue weighted by atomic mass is 16.2. The molecule has 0 saturated heterocycles. The van der Waals surface area contributed by atoms with Crippen LogP contribution >= 0.6 is 0 Å². The Hall–Kier alpha value is -2.36. The van der Waals surface area contributed by atoms with E-state index in [-0.39, 0.29) is 6.04 Å². The minimum absolute atomic E-state index is 0.128. The Morgan fingerprint density at radius 3 is 2.30 bits per heavy atom. The van der Waals surface area contributed by atoms with Crippen LogP contribution in [0.25, 0.3) is 10.8 Å². The Labute approximate surface area is 136 Å². The van der Waals surface area contributed by atoms with E-state index in [2.05, 4.69) is 10.6 Å². The average Bonchev–Trinajstić information content (AvgIpc) is 2.84. The smallest absolute Gasteiger partial charge is 0.313 e. The second-order valence-electron chi connectivity index (χ2n) is 6.14. The molecule has 2 N–H and O–H groups in total. The first-order chi connectivity index (χ1) is 11.2. The number of hydrogen-bond acceptors (Lipinski definition) is 2. The molecule has 4 nitrogen and oxygen atoms in total. The fourth-order valence-electron chi connectivity index (χ4n) is 3.19. The summed E-state index contributed by atoms with van der Waals surface area (Å²) in [6.07, 6.45) is 6.61. The molecule has 3 rings (SSSR count). The van der Waals surface area contributed by atoms with Crippen molar-refractivity contribution in [1.82, 2.24) is 5.32 Å². The van der Waals surface area contributed by atoms with Gasteiger partial charge in [0.1, 0.15) is 0 Å². The molecular weight excluding hydrogens is 288 g/mol. The van der Waals surface area contributed by atoms with Crippen LogP contribution in [0.2, 0.25) is 0 Å². The molecule has 0 radical (unpaired) electrons. The van der Waals surface area contributed by atoms with E-state index in [0.29, 0.717) is 5.69 Å². The van der Waals surface area contributed by atoms with Crippen LogP contribution in [0.1, 0.15) is 38.5 Å². The molecule has 1 fully saturated rings. The van der Waals surface area contributed by atoms with Crippen molar-refractivity contribution in [2.75, 3.05) is 5.32 Å². The van der Waals surface area contributed by atoms with Gasteiger partial charge in [-0.05, 0) is 24.3 Å². The molecule has 4 heteroatoms. The van der Waals surface area contributed by atoms with Crippen molar-refractivity contribution < 1.29 is 9.59 Å². The molecule has 1 aliphatic rings. The van der Waals surface area contributed by atoms with E-state index in [4.69, 9.17) is 0 Å². The van der Waals surface area contributed by atoms with Gasteiger partial charge in [-0.25, -0.2) is 0 Å². The number of carbonyl (C=O) groups is 2. The van der Waals surface area contributed by atoms with Gasteiger partial charge in [0.2, 0.25) is 0 Å². The maximum absolute atomic E-state index is 12.2. The topological polar surface area (TPSA) is 58.2 Å². The first-order valence-corrected chi connectivity index (χ1v) is 8.33. The Kier molecular flexibility index (Phi) is 4.91. The Bertz CT molecular complexity index is 698. The highest BCUT2D eigenvalue weighted by molar-refractivity contribution is 6.40. The first-order valence-electron chi connectivity index (χ1n) is 8.33. The van der Waals surface area contributed by atoms with Gasteiger partial charge in [-0.1, -0.05) is 62.1 Å². The number of rotatable bonds is 2. The van der Waals surface area contributed by atoms with E-state index in [1.54, 1.807) is 0 Å².